The Morgan fingerprint density at radius 1 is 1.47 bits per heavy atom. The molecule has 0 radical (unpaired) electrons. The van der Waals surface area contributed by atoms with Crippen LogP contribution in [0, 0.1) is 0 Å². The van der Waals surface area contributed by atoms with Crippen molar-refractivity contribution in [3.05, 3.63) is 48.0 Å². The van der Waals surface area contributed by atoms with Crippen LogP contribution in [0.3, 0.4) is 0 Å². The van der Waals surface area contributed by atoms with Crippen molar-refractivity contribution in [2.24, 2.45) is 0 Å². The van der Waals surface area contributed by atoms with Crippen molar-refractivity contribution in [3.8, 4) is 5.75 Å². The zero-order valence-corrected chi connectivity index (χ0v) is 11.3. The summed E-state index contributed by atoms with van der Waals surface area (Å²) < 4.78 is 6.97. The molecule has 2 aromatic rings. The Labute approximate surface area is 117 Å². The molecule has 0 saturated carbocycles. The van der Waals surface area contributed by atoms with E-state index >= 15 is 0 Å². The quantitative estimate of drug-likeness (QED) is 0.911. The summed E-state index contributed by atoms with van der Waals surface area (Å²) in [4.78, 5) is 14.7. The van der Waals surface area contributed by atoms with E-state index in [0.29, 0.717) is 12.2 Å². The van der Waals surface area contributed by atoms with Crippen molar-refractivity contribution in [1.82, 2.24) is 9.55 Å². The number of carboxylic acid groups (broad SMARTS) is 1. The van der Waals surface area contributed by atoms with Gasteiger partial charge in [-0.15, -0.1) is 12.4 Å². The molecule has 0 unspecified atom stereocenters. The second kappa shape index (κ2) is 6.80. The number of carboxylic acids is 1. The number of benzene rings is 1. The fourth-order valence-corrected chi connectivity index (χ4v) is 1.76. The van der Waals surface area contributed by atoms with Crippen molar-refractivity contribution in [1.29, 1.82) is 0 Å². The molecule has 0 amide bonds. The van der Waals surface area contributed by atoms with Gasteiger partial charge in [0.05, 0.1) is 19.9 Å². The van der Waals surface area contributed by atoms with Crippen molar-refractivity contribution in [2.75, 3.05) is 7.11 Å². The minimum Gasteiger partial charge on any atom is -0.497 e. The summed E-state index contributed by atoms with van der Waals surface area (Å²) in [6, 6.07) is 7.66. The molecule has 0 bridgehead atoms. The topological polar surface area (TPSA) is 64.4 Å². The number of imidazole rings is 1. The number of hydrogen-bond acceptors (Lipinski definition) is 3. The maximum Gasteiger partial charge on any atom is 0.309 e. The van der Waals surface area contributed by atoms with E-state index in [2.05, 4.69) is 4.98 Å². The van der Waals surface area contributed by atoms with E-state index < -0.39 is 5.97 Å². The minimum atomic E-state index is -0.859. The summed E-state index contributed by atoms with van der Waals surface area (Å²) >= 11 is 0. The van der Waals surface area contributed by atoms with Gasteiger partial charge in [-0.1, -0.05) is 12.1 Å². The van der Waals surface area contributed by atoms with E-state index in [1.165, 1.54) is 0 Å². The molecule has 0 aliphatic rings. The van der Waals surface area contributed by atoms with Crippen LogP contribution in [0.25, 0.3) is 0 Å². The van der Waals surface area contributed by atoms with Gasteiger partial charge in [0.15, 0.2) is 0 Å². The molecule has 0 atom stereocenters. The molecule has 2 rings (SSSR count). The summed E-state index contributed by atoms with van der Waals surface area (Å²) in [7, 11) is 1.62. The molecule has 0 fully saturated rings. The van der Waals surface area contributed by atoms with Gasteiger partial charge in [0, 0.05) is 18.4 Å². The van der Waals surface area contributed by atoms with Crippen LogP contribution in [-0.4, -0.2) is 27.7 Å². The molecular weight excluding hydrogens is 268 g/mol. The predicted octanol–water partition coefficient (Wildman–Crippen LogP) is 1.99. The van der Waals surface area contributed by atoms with Crippen LogP contribution < -0.4 is 4.74 Å². The normalized spacial score (nSPS) is 9.74. The average Bonchev–Trinajstić information content (AvgIpc) is 2.76. The molecular formula is C13H15ClN2O3. The highest BCUT2D eigenvalue weighted by Gasteiger charge is 2.07. The van der Waals surface area contributed by atoms with Crippen molar-refractivity contribution >= 4 is 18.4 Å². The summed E-state index contributed by atoms with van der Waals surface area (Å²) in [6.07, 6.45) is 3.19. The summed E-state index contributed by atoms with van der Waals surface area (Å²) in [6.45, 7) is 0.583. The number of halogens is 1. The Morgan fingerprint density at radius 3 is 2.95 bits per heavy atom. The first-order chi connectivity index (χ1) is 8.69. The fourth-order valence-electron chi connectivity index (χ4n) is 1.76. The summed E-state index contributed by atoms with van der Waals surface area (Å²) in [5.74, 6) is -0.0743. The van der Waals surface area contributed by atoms with E-state index in [1.54, 1.807) is 19.6 Å². The van der Waals surface area contributed by atoms with E-state index in [0.717, 1.165) is 11.3 Å². The fraction of sp³-hybridized carbons (Fsp3) is 0.231. The Bertz CT molecular complexity index is 554. The lowest BCUT2D eigenvalue weighted by Gasteiger charge is -2.08. The first-order valence-electron chi connectivity index (χ1n) is 5.53. The van der Waals surface area contributed by atoms with E-state index in [4.69, 9.17) is 9.84 Å². The zero-order chi connectivity index (χ0) is 13.0. The van der Waals surface area contributed by atoms with Gasteiger partial charge in [-0.3, -0.25) is 4.79 Å². The molecule has 5 nitrogen and oxygen atoms in total. The van der Waals surface area contributed by atoms with Gasteiger partial charge in [-0.25, -0.2) is 4.98 Å². The van der Waals surface area contributed by atoms with Crippen LogP contribution >= 0.6 is 12.4 Å². The number of hydrogen-bond donors (Lipinski definition) is 1. The highest BCUT2D eigenvalue weighted by molar-refractivity contribution is 5.85. The Kier molecular flexibility index (Phi) is 5.38. The standard InChI is InChI=1S/C13H14N2O3.ClH/c1-18-12-4-2-3-10(5-12)8-15-9-14-7-11(15)6-13(16)17;/h2-5,7,9H,6,8H2,1H3,(H,16,17);1H. The molecule has 102 valence electrons. The third-order valence-electron chi connectivity index (χ3n) is 2.62. The lowest BCUT2D eigenvalue weighted by molar-refractivity contribution is -0.136. The van der Waals surface area contributed by atoms with Gasteiger partial charge < -0.3 is 14.4 Å². The highest BCUT2D eigenvalue weighted by atomic mass is 35.5. The van der Waals surface area contributed by atoms with Crippen molar-refractivity contribution in [2.45, 2.75) is 13.0 Å². The molecule has 0 aliphatic carbocycles. The Balaban J connectivity index is 0.00000180. The zero-order valence-electron chi connectivity index (χ0n) is 10.4. The maximum absolute atomic E-state index is 10.7. The average molecular weight is 283 g/mol. The van der Waals surface area contributed by atoms with Crippen LogP contribution in [0.5, 0.6) is 5.75 Å². The lowest BCUT2D eigenvalue weighted by atomic mass is 10.2. The molecule has 1 aromatic carbocycles. The number of carbonyl (C=O) groups is 1. The number of ether oxygens (including phenoxy) is 1. The number of methoxy groups -OCH3 is 1. The van der Waals surface area contributed by atoms with Crippen LogP contribution in [0.1, 0.15) is 11.3 Å². The SMILES string of the molecule is COc1cccc(Cn2cncc2CC(=O)O)c1.Cl. The van der Waals surface area contributed by atoms with Crippen LogP contribution in [0.15, 0.2) is 36.8 Å². The molecule has 0 saturated heterocycles. The largest absolute Gasteiger partial charge is 0.497 e. The molecule has 1 aromatic heterocycles. The summed E-state index contributed by atoms with van der Waals surface area (Å²) in [5, 5.41) is 8.80. The third-order valence-corrected chi connectivity index (χ3v) is 2.62. The van der Waals surface area contributed by atoms with Gasteiger partial charge in [-0.05, 0) is 17.7 Å². The van der Waals surface area contributed by atoms with Gasteiger partial charge in [0.2, 0.25) is 0 Å². The second-order valence-corrected chi connectivity index (χ2v) is 3.93. The minimum absolute atomic E-state index is 0. The Morgan fingerprint density at radius 2 is 2.26 bits per heavy atom. The second-order valence-electron chi connectivity index (χ2n) is 3.93. The van der Waals surface area contributed by atoms with Crippen LogP contribution in [0.2, 0.25) is 0 Å². The number of nitrogens with zero attached hydrogens (tertiary/aromatic N) is 2. The number of aliphatic carboxylic acids is 1. The molecule has 1 N–H and O–H groups in total. The number of rotatable bonds is 5. The third kappa shape index (κ3) is 3.99. The molecule has 0 aliphatic heterocycles. The molecule has 6 heteroatoms. The maximum atomic E-state index is 10.7. The van der Waals surface area contributed by atoms with E-state index in [9.17, 15) is 4.79 Å². The summed E-state index contributed by atoms with van der Waals surface area (Å²) in [5.41, 5.74) is 1.73. The van der Waals surface area contributed by atoms with Crippen molar-refractivity contribution < 1.29 is 14.6 Å². The van der Waals surface area contributed by atoms with E-state index in [1.807, 2.05) is 28.8 Å². The molecule has 19 heavy (non-hydrogen) atoms. The van der Waals surface area contributed by atoms with Crippen LogP contribution in [0.4, 0.5) is 0 Å². The molecule has 0 spiro atoms. The van der Waals surface area contributed by atoms with Gasteiger partial charge in [0.25, 0.3) is 0 Å². The smallest absolute Gasteiger partial charge is 0.309 e. The number of aromatic nitrogens is 2. The Hall–Kier alpha value is -2.01. The first-order valence-corrected chi connectivity index (χ1v) is 5.53. The van der Waals surface area contributed by atoms with Gasteiger partial charge in [0.1, 0.15) is 5.75 Å². The first kappa shape index (κ1) is 15.0. The van der Waals surface area contributed by atoms with Crippen LogP contribution in [-0.2, 0) is 17.8 Å². The van der Waals surface area contributed by atoms with Gasteiger partial charge >= 0.3 is 5.97 Å². The van der Waals surface area contributed by atoms with E-state index in [-0.39, 0.29) is 18.8 Å². The monoisotopic (exact) mass is 282 g/mol. The predicted molar refractivity (Wildman–Crippen MR) is 72.9 cm³/mol. The lowest BCUT2D eigenvalue weighted by Crippen LogP contribution is -2.08. The highest BCUT2D eigenvalue weighted by Crippen LogP contribution is 2.14. The van der Waals surface area contributed by atoms with Crippen molar-refractivity contribution in [3.63, 3.8) is 0 Å². The van der Waals surface area contributed by atoms with Gasteiger partial charge in [-0.2, -0.15) is 0 Å². The molecule has 1 heterocycles.